The summed E-state index contributed by atoms with van der Waals surface area (Å²) >= 11 is 4.74. The molecule has 0 saturated heterocycles. The van der Waals surface area contributed by atoms with Gasteiger partial charge in [0, 0.05) is 0 Å². The Bertz CT molecular complexity index is 320. The summed E-state index contributed by atoms with van der Waals surface area (Å²) in [6.07, 6.45) is 18.5. The van der Waals surface area contributed by atoms with Gasteiger partial charge in [0.05, 0.1) is 11.2 Å². The van der Waals surface area contributed by atoms with Gasteiger partial charge in [0.15, 0.2) is 0 Å². The third-order valence-corrected chi connectivity index (χ3v) is 6.19. The molecule has 0 aromatic rings. The van der Waals surface area contributed by atoms with E-state index in [4.69, 9.17) is 12.2 Å². The predicted octanol–water partition coefficient (Wildman–Crippen LogP) is 6.42. The number of hydrogen-bond acceptors (Lipinski definition) is 2. The average molecular weight is 308 g/mol. The minimum Gasteiger partial charge on any atom is -0.229 e. The number of rotatable bonds is 7. The Morgan fingerprint density at radius 1 is 1.05 bits per heavy atom. The van der Waals surface area contributed by atoms with Crippen molar-refractivity contribution in [2.24, 2.45) is 22.7 Å². The van der Waals surface area contributed by atoms with Gasteiger partial charge in [0.1, 0.15) is 0 Å². The highest BCUT2D eigenvalue weighted by Gasteiger charge is 2.26. The van der Waals surface area contributed by atoms with Crippen molar-refractivity contribution in [1.82, 2.24) is 0 Å². The molecular formula is C19H33NS. The van der Waals surface area contributed by atoms with Crippen LogP contribution in [0.2, 0.25) is 0 Å². The van der Waals surface area contributed by atoms with Gasteiger partial charge < -0.3 is 0 Å². The molecule has 0 amide bonds. The van der Waals surface area contributed by atoms with Crippen LogP contribution in [-0.2, 0) is 0 Å². The molecule has 0 aromatic carbocycles. The maximum absolute atomic E-state index is 4.74. The van der Waals surface area contributed by atoms with Gasteiger partial charge in [-0.05, 0) is 55.7 Å². The van der Waals surface area contributed by atoms with Crippen molar-refractivity contribution in [1.29, 1.82) is 0 Å². The van der Waals surface area contributed by atoms with Crippen LogP contribution in [0.1, 0.15) is 90.4 Å². The number of nitrogens with zero attached hydrogens (tertiary/aromatic N) is 1. The Morgan fingerprint density at radius 2 is 1.76 bits per heavy atom. The van der Waals surface area contributed by atoms with Gasteiger partial charge in [0.2, 0.25) is 0 Å². The summed E-state index contributed by atoms with van der Waals surface area (Å²) in [4.78, 5) is 4.29. The van der Waals surface area contributed by atoms with E-state index >= 15 is 0 Å². The Kier molecular flexibility index (Phi) is 7.96. The van der Waals surface area contributed by atoms with E-state index in [0.717, 1.165) is 17.8 Å². The lowest BCUT2D eigenvalue weighted by Gasteiger charge is -2.32. The van der Waals surface area contributed by atoms with E-state index in [9.17, 15) is 0 Å². The minimum absolute atomic E-state index is 0.485. The Labute approximate surface area is 137 Å². The van der Waals surface area contributed by atoms with Crippen LogP contribution in [0.4, 0.5) is 0 Å². The van der Waals surface area contributed by atoms with Crippen molar-refractivity contribution in [3.8, 4) is 0 Å². The molecule has 0 aliphatic heterocycles. The fraction of sp³-hybridized carbons (Fsp3) is 0.947. The molecule has 21 heavy (non-hydrogen) atoms. The van der Waals surface area contributed by atoms with Gasteiger partial charge in [-0.1, -0.05) is 64.7 Å². The molecule has 0 spiro atoms. The molecular weight excluding hydrogens is 274 g/mol. The average Bonchev–Trinajstić information content (AvgIpc) is 2.54. The summed E-state index contributed by atoms with van der Waals surface area (Å²) < 4.78 is 0. The lowest BCUT2D eigenvalue weighted by molar-refractivity contribution is 0.208. The van der Waals surface area contributed by atoms with E-state index in [1.54, 1.807) is 0 Å². The summed E-state index contributed by atoms with van der Waals surface area (Å²) in [5, 5.41) is 2.57. The molecule has 120 valence electrons. The zero-order valence-electron chi connectivity index (χ0n) is 13.9. The third kappa shape index (κ3) is 5.83. The highest BCUT2D eigenvalue weighted by Crippen LogP contribution is 2.36. The molecule has 2 fully saturated rings. The zero-order valence-corrected chi connectivity index (χ0v) is 14.7. The molecule has 2 aliphatic rings. The van der Waals surface area contributed by atoms with Crippen molar-refractivity contribution in [3.63, 3.8) is 0 Å². The molecule has 0 N–H and O–H groups in total. The summed E-state index contributed by atoms with van der Waals surface area (Å²) in [6, 6.07) is 0.485. The highest BCUT2D eigenvalue weighted by molar-refractivity contribution is 7.78. The maximum atomic E-state index is 4.74. The van der Waals surface area contributed by atoms with Crippen molar-refractivity contribution < 1.29 is 0 Å². The largest absolute Gasteiger partial charge is 0.229 e. The Hall–Kier alpha value is -0.200. The predicted molar refractivity (Wildman–Crippen MR) is 95.0 cm³/mol. The SMILES string of the molecule is CCC(CCCC1CCCCC1)[C@H]1CC[C@H](N=C=S)CC1. The summed E-state index contributed by atoms with van der Waals surface area (Å²) in [7, 11) is 0. The first-order chi connectivity index (χ1) is 10.3. The van der Waals surface area contributed by atoms with Gasteiger partial charge >= 0.3 is 0 Å². The van der Waals surface area contributed by atoms with E-state index in [1.807, 2.05) is 0 Å². The van der Waals surface area contributed by atoms with E-state index < -0.39 is 0 Å². The van der Waals surface area contributed by atoms with Crippen LogP contribution in [0.15, 0.2) is 4.99 Å². The highest BCUT2D eigenvalue weighted by atomic mass is 32.1. The lowest BCUT2D eigenvalue weighted by atomic mass is 9.75. The first-order valence-corrected chi connectivity index (χ1v) is 9.81. The first kappa shape index (κ1) is 17.2. The Balaban J connectivity index is 1.66. The van der Waals surface area contributed by atoms with Gasteiger partial charge in [-0.15, -0.1) is 0 Å². The van der Waals surface area contributed by atoms with Crippen molar-refractivity contribution >= 4 is 17.4 Å². The standard InChI is InChI=1S/C19H33NS/c1-2-17(10-6-9-16-7-4-3-5-8-16)18-11-13-19(14-12-18)20-15-21/h16-19H,2-14H2,1H3/t17?,18-,19-. The van der Waals surface area contributed by atoms with Crippen molar-refractivity contribution in [2.75, 3.05) is 0 Å². The second-order valence-corrected chi connectivity index (χ2v) is 7.57. The third-order valence-electron chi connectivity index (χ3n) is 6.08. The van der Waals surface area contributed by atoms with Crippen LogP contribution in [0, 0.1) is 17.8 Å². The van der Waals surface area contributed by atoms with Crippen LogP contribution in [0.5, 0.6) is 0 Å². The van der Waals surface area contributed by atoms with E-state index in [1.165, 1.54) is 83.5 Å². The Morgan fingerprint density at radius 3 is 2.38 bits per heavy atom. The second-order valence-electron chi connectivity index (χ2n) is 7.39. The lowest BCUT2D eigenvalue weighted by Crippen LogP contribution is -2.23. The normalized spacial score (nSPS) is 28.8. The molecule has 0 heterocycles. The van der Waals surface area contributed by atoms with Crippen LogP contribution in [0.3, 0.4) is 0 Å². The number of thiocarbonyl (C=S) groups is 1. The second kappa shape index (κ2) is 9.74. The number of isothiocyanates is 1. The molecule has 2 aliphatic carbocycles. The summed E-state index contributed by atoms with van der Waals surface area (Å²) in [6.45, 7) is 2.40. The fourth-order valence-electron chi connectivity index (χ4n) is 4.69. The smallest absolute Gasteiger partial charge is 0.0603 e. The molecule has 0 aromatic heterocycles. The number of hydrogen-bond donors (Lipinski definition) is 0. The van der Waals surface area contributed by atoms with Gasteiger partial charge in [-0.25, -0.2) is 4.99 Å². The van der Waals surface area contributed by atoms with Crippen molar-refractivity contribution in [2.45, 2.75) is 96.4 Å². The maximum Gasteiger partial charge on any atom is 0.0603 e. The molecule has 1 atom stereocenters. The van der Waals surface area contributed by atoms with Crippen LogP contribution >= 0.6 is 12.2 Å². The molecule has 1 nitrogen and oxygen atoms in total. The van der Waals surface area contributed by atoms with Crippen LogP contribution < -0.4 is 0 Å². The molecule has 2 saturated carbocycles. The van der Waals surface area contributed by atoms with Gasteiger partial charge in [0.25, 0.3) is 0 Å². The molecule has 1 unspecified atom stereocenters. The van der Waals surface area contributed by atoms with Gasteiger partial charge in [-0.2, -0.15) is 0 Å². The molecule has 0 bridgehead atoms. The fourth-order valence-corrected chi connectivity index (χ4v) is 4.84. The minimum atomic E-state index is 0.485. The van der Waals surface area contributed by atoms with E-state index in [-0.39, 0.29) is 0 Å². The van der Waals surface area contributed by atoms with Crippen LogP contribution in [-0.4, -0.2) is 11.2 Å². The van der Waals surface area contributed by atoms with Crippen LogP contribution in [0.25, 0.3) is 0 Å². The molecule has 2 rings (SSSR count). The number of aliphatic imine (C=N–C) groups is 1. The topological polar surface area (TPSA) is 12.4 Å². The molecule has 0 radical (unpaired) electrons. The van der Waals surface area contributed by atoms with E-state index in [0.29, 0.717) is 6.04 Å². The zero-order chi connectivity index (χ0) is 14.9. The van der Waals surface area contributed by atoms with Gasteiger partial charge in [-0.3, -0.25) is 0 Å². The quantitative estimate of drug-likeness (QED) is 0.390. The summed E-state index contributed by atoms with van der Waals surface area (Å²) in [5.41, 5.74) is 0. The first-order valence-electron chi connectivity index (χ1n) is 9.40. The van der Waals surface area contributed by atoms with E-state index in [2.05, 4.69) is 17.1 Å². The van der Waals surface area contributed by atoms with Crippen molar-refractivity contribution in [3.05, 3.63) is 0 Å². The summed E-state index contributed by atoms with van der Waals surface area (Å²) in [5.74, 6) is 2.98. The molecule has 2 heteroatoms. The monoisotopic (exact) mass is 307 g/mol.